The van der Waals surface area contributed by atoms with Crippen LogP contribution in [0.5, 0.6) is 11.5 Å². The molecule has 2 aromatic rings. The van der Waals surface area contributed by atoms with Crippen molar-refractivity contribution in [2.24, 2.45) is 0 Å². The molecular formula is C18H16N2O6. The molecule has 2 heterocycles. The molecule has 0 bridgehead atoms. The lowest BCUT2D eigenvalue weighted by Gasteiger charge is -2.25. The van der Waals surface area contributed by atoms with Crippen LogP contribution in [-0.4, -0.2) is 37.0 Å². The van der Waals surface area contributed by atoms with Crippen LogP contribution in [0.25, 0.3) is 6.08 Å². The molecule has 26 heavy (non-hydrogen) atoms. The van der Waals surface area contributed by atoms with Gasteiger partial charge in [0.15, 0.2) is 11.5 Å². The van der Waals surface area contributed by atoms with E-state index >= 15 is 0 Å². The van der Waals surface area contributed by atoms with Crippen LogP contribution in [0, 0.1) is 0 Å². The average molecular weight is 356 g/mol. The van der Waals surface area contributed by atoms with Crippen molar-refractivity contribution in [2.75, 3.05) is 14.2 Å². The van der Waals surface area contributed by atoms with Gasteiger partial charge in [0.05, 0.1) is 27.0 Å². The topological polar surface area (TPSA) is 98.1 Å². The summed E-state index contributed by atoms with van der Waals surface area (Å²) in [6.45, 7) is -0.0752. The molecule has 0 unspecified atom stereocenters. The normalized spacial score (nSPS) is 16.0. The van der Waals surface area contributed by atoms with E-state index < -0.39 is 17.8 Å². The molecule has 0 saturated carbocycles. The predicted molar refractivity (Wildman–Crippen MR) is 90.3 cm³/mol. The lowest BCUT2D eigenvalue weighted by Crippen LogP contribution is -2.53. The fourth-order valence-electron chi connectivity index (χ4n) is 2.51. The van der Waals surface area contributed by atoms with Crippen LogP contribution in [0.3, 0.4) is 0 Å². The van der Waals surface area contributed by atoms with E-state index in [1.165, 1.54) is 26.6 Å². The Morgan fingerprint density at radius 1 is 1.12 bits per heavy atom. The Morgan fingerprint density at radius 3 is 2.54 bits per heavy atom. The van der Waals surface area contributed by atoms with Gasteiger partial charge in [-0.05, 0) is 35.9 Å². The predicted octanol–water partition coefficient (Wildman–Crippen LogP) is 1.96. The fourth-order valence-corrected chi connectivity index (χ4v) is 2.51. The number of nitrogens with zero attached hydrogens (tertiary/aromatic N) is 1. The molecule has 3 rings (SSSR count). The van der Waals surface area contributed by atoms with Gasteiger partial charge in [0.25, 0.3) is 11.8 Å². The molecule has 1 aliphatic heterocycles. The van der Waals surface area contributed by atoms with E-state index in [1.807, 2.05) is 0 Å². The second-order valence-electron chi connectivity index (χ2n) is 5.40. The number of amides is 4. The highest BCUT2D eigenvalue weighted by molar-refractivity contribution is 6.30. The minimum Gasteiger partial charge on any atom is -0.493 e. The second-order valence-corrected chi connectivity index (χ2v) is 5.40. The molecule has 0 atom stereocenters. The van der Waals surface area contributed by atoms with Gasteiger partial charge >= 0.3 is 6.03 Å². The summed E-state index contributed by atoms with van der Waals surface area (Å²) in [6.07, 6.45) is 2.83. The van der Waals surface area contributed by atoms with E-state index in [1.54, 1.807) is 30.3 Å². The van der Waals surface area contributed by atoms with E-state index in [0.717, 1.165) is 4.90 Å². The van der Waals surface area contributed by atoms with Crippen LogP contribution in [0.4, 0.5) is 4.79 Å². The average Bonchev–Trinajstić information content (AvgIpc) is 3.15. The Hall–Kier alpha value is -3.55. The largest absolute Gasteiger partial charge is 0.493 e. The first-order valence-electron chi connectivity index (χ1n) is 7.66. The van der Waals surface area contributed by atoms with Gasteiger partial charge in [-0.25, -0.2) is 4.79 Å². The number of urea groups is 1. The molecule has 1 saturated heterocycles. The number of barbiturate groups is 1. The van der Waals surface area contributed by atoms with Crippen molar-refractivity contribution in [1.82, 2.24) is 10.2 Å². The number of rotatable bonds is 5. The minimum atomic E-state index is -0.791. The molecular weight excluding hydrogens is 340 g/mol. The summed E-state index contributed by atoms with van der Waals surface area (Å²) < 4.78 is 15.5. The zero-order valence-corrected chi connectivity index (χ0v) is 14.1. The third-order valence-corrected chi connectivity index (χ3v) is 3.80. The summed E-state index contributed by atoms with van der Waals surface area (Å²) in [5.74, 6) is -0.0681. The molecule has 134 valence electrons. The highest BCUT2D eigenvalue weighted by atomic mass is 16.5. The quantitative estimate of drug-likeness (QED) is 0.650. The molecule has 1 aliphatic rings. The Balaban J connectivity index is 1.92. The van der Waals surface area contributed by atoms with E-state index in [4.69, 9.17) is 13.9 Å². The van der Waals surface area contributed by atoms with Crippen LogP contribution >= 0.6 is 0 Å². The third kappa shape index (κ3) is 3.30. The maximum absolute atomic E-state index is 12.6. The lowest BCUT2D eigenvalue weighted by atomic mass is 10.1. The molecule has 0 aliphatic carbocycles. The van der Waals surface area contributed by atoms with Crippen LogP contribution in [0.2, 0.25) is 0 Å². The monoisotopic (exact) mass is 356 g/mol. The summed E-state index contributed by atoms with van der Waals surface area (Å²) in [4.78, 5) is 37.7. The van der Waals surface area contributed by atoms with Gasteiger partial charge in [-0.1, -0.05) is 6.07 Å². The van der Waals surface area contributed by atoms with E-state index in [0.29, 0.717) is 22.8 Å². The zero-order valence-electron chi connectivity index (χ0n) is 14.1. The summed E-state index contributed by atoms with van der Waals surface area (Å²) in [5, 5.41) is 2.16. The summed E-state index contributed by atoms with van der Waals surface area (Å²) >= 11 is 0. The molecule has 0 radical (unpaired) electrons. The zero-order chi connectivity index (χ0) is 18.7. The summed E-state index contributed by atoms with van der Waals surface area (Å²) in [6, 6.07) is 7.44. The van der Waals surface area contributed by atoms with E-state index in [2.05, 4.69) is 5.32 Å². The Bertz CT molecular complexity index is 885. The number of imide groups is 2. The second kappa shape index (κ2) is 7.14. The van der Waals surface area contributed by atoms with Gasteiger partial charge in [0.2, 0.25) is 0 Å². The standard InChI is InChI=1S/C18H16N2O6/c1-24-14-6-5-11(9-15(14)25-2)8-13-16(21)19-18(23)20(17(13)22)10-12-4-3-7-26-12/h3-9H,10H2,1-2H3,(H,19,21,23). The van der Waals surface area contributed by atoms with Gasteiger partial charge in [-0.3, -0.25) is 19.8 Å². The van der Waals surface area contributed by atoms with Crippen molar-refractivity contribution in [2.45, 2.75) is 6.54 Å². The van der Waals surface area contributed by atoms with Crippen LogP contribution in [-0.2, 0) is 16.1 Å². The fraction of sp³-hybridized carbons (Fsp3) is 0.167. The Morgan fingerprint density at radius 2 is 1.88 bits per heavy atom. The van der Waals surface area contributed by atoms with Crippen molar-refractivity contribution in [3.05, 3.63) is 53.5 Å². The smallest absolute Gasteiger partial charge is 0.331 e. The van der Waals surface area contributed by atoms with Crippen LogP contribution in [0.1, 0.15) is 11.3 Å². The van der Waals surface area contributed by atoms with Crippen molar-refractivity contribution in [1.29, 1.82) is 0 Å². The van der Waals surface area contributed by atoms with Gasteiger partial charge in [0, 0.05) is 0 Å². The number of furan rings is 1. The van der Waals surface area contributed by atoms with E-state index in [9.17, 15) is 14.4 Å². The minimum absolute atomic E-state index is 0.0752. The molecule has 8 nitrogen and oxygen atoms in total. The first-order chi connectivity index (χ1) is 12.5. The molecule has 1 aromatic heterocycles. The number of hydrogen-bond acceptors (Lipinski definition) is 6. The molecule has 0 spiro atoms. The van der Waals surface area contributed by atoms with Crippen molar-refractivity contribution >= 4 is 23.9 Å². The van der Waals surface area contributed by atoms with Crippen LogP contribution in [0.15, 0.2) is 46.6 Å². The molecule has 8 heteroatoms. The Kier molecular flexibility index (Phi) is 4.74. The highest BCUT2D eigenvalue weighted by Crippen LogP contribution is 2.29. The molecule has 1 N–H and O–H groups in total. The van der Waals surface area contributed by atoms with E-state index in [-0.39, 0.29) is 12.1 Å². The number of hydrogen-bond donors (Lipinski definition) is 1. The summed E-state index contributed by atoms with van der Waals surface area (Å²) in [7, 11) is 2.99. The van der Waals surface area contributed by atoms with Gasteiger partial charge in [-0.2, -0.15) is 0 Å². The SMILES string of the molecule is COc1ccc(C=C2C(=O)NC(=O)N(Cc3ccco3)C2=O)cc1OC. The first kappa shape index (κ1) is 17.3. The first-order valence-corrected chi connectivity index (χ1v) is 7.66. The molecule has 1 fully saturated rings. The molecule has 1 aromatic carbocycles. The van der Waals surface area contributed by atoms with Crippen LogP contribution < -0.4 is 14.8 Å². The number of carbonyl (C=O) groups is 3. The maximum atomic E-state index is 12.6. The molecule has 4 amide bonds. The lowest BCUT2D eigenvalue weighted by molar-refractivity contribution is -0.130. The Labute approximate surface area is 149 Å². The van der Waals surface area contributed by atoms with Crippen molar-refractivity contribution in [3.63, 3.8) is 0 Å². The van der Waals surface area contributed by atoms with Gasteiger partial charge < -0.3 is 13.9 Å². The maximum Gasteiger partial charge on any atom is 0.331 e. The number of carbonyl (C=O) groups excluding carboxylic acids is 3. The van der Waals surface area contributed by atoms with Crippen molar-refractivity contribution in [3.8, 4) is 11.5 Å². The number of nitrogens with one attached hydrogen (secondary N) is 1. The van der Waals surface area contributed by atoms with Crippen molar-refractivity contribution < 1.29 is 28.3 Å². The van der Waals surface area contributed by atoms with Gasteiger partial charge in [0.1, 0.15) is 11.3 Å². The third-order valence-electron chi connectivity index (χ3n) is 3.80. The number of benzene rings is 1. The highest BCUT2D eigenvalue weighted by Gasteiger charge is 2.36. The van der Waals surface area contributed by atoms with Gasteiger partial charge in [-0.15, -0.1) is 0 Å². The summed E-state index contributed by atoms with van der Waals surface area (Å²) in [5.41, 5.74) is 0.386. The number of methoxy groups -OCH3 is 2. The number of ether oxygens (including phenoxy) is 2.